The molecule has 0 aromatic rings. The molecule has 0 spiro atoms. The van der Waals surface area contributed by atoms with Crippen LogP contribution < -0.4 is 0 Å². The van der Waals surface area contributed by atoms with E-state index in [1.807, 2.05) is 6.92 Å². The minimum absolute atomic E-state index is 0.212. The van der Waals surface area contributed by atoms with Gasteiger partial charge < -0.3 is 24.4 Å². The lowest BCUT2D eigenvalue weighted by Gasteiger charge is -2.29. The van der Waals surface area contributed by atoms with Gasteiger partial charge in [-0.25, -0.2) is 4.79 Å². The third-order valence-electron chi connectivity index (χ3n) is 5.47. The Labute approximate surface area is 152 Å². The van der Waals surface area contributed by atoms with E-state index >= 15 is 0 Å². The summed E-state index contributed by atoms with van der Waals surface area (Å²) in [5.41, 5.74) is 0.00855. The molecule has 2 aliphatic heterocycles. The van der Waals surface area contributed by atoms with E-state index in [4.69, 9.17) is 14.2 Å². The highest BCUT2D eigenvalue weighted by Crippen LogP contribution is 2.47. The fourth-order valence-corrected chi connectivity index (χ4v) is 3.71. The van der Waals surface area contributed by atoms with Gasteiger partial charge in [0.05, 0.1) is 36.3 Å². The zero-order chi connectivity index (χ0) is 19.2. The predicted octanol–water partition coefficient (Wildman–Crippen LogP) is 0.883. The van der Waals surface area contributed by atoms with Crippen molar-refractivity contribution in [3.8, 4) is 0 Å². The van der Waals surface area contributed by atoms with Crippen molar-refractivity contribution in [3.05, 3.63) is 23.8 Å². The molecule has 0 aromatic heterocycles. The second-order valence-electron chi connectivity index (χ2n) is 7.83. The van der Waals surface area contributed by atoms with E-state index < -0.39 is 35.8 Å². The summed E-state index contributed by atoms with van der Waals surface area (Å²) in [6, 6.07) is 0. The van der Waals surface area contributed by atoms with Crippen molar-refractivity contribution in [2.45, 2.75) is 63.6 Å². The molecule has 2 fully saturated rings. The molecule has 0 aromatic carbocycles. The molecule has 2 heterocycles. The van der Waals surface area contributed by atoms with Crippen molar-refractivity contribution in [2.75, 3.05) is 6.61 Å². The highest BCUT2D eigenvalue weighted by molar-refractivity contribution is 5.91. The molecule has 0 bridgehead atoms. The molecular formula is C19H26O7. The summed E-state index contributed by atoms with van der Waals surface area (Å²) in [6.45, 7) is 8.82. The Morgan fingerprint density at radius 2 is 2.19 bits per heavy atom. The molecule has 0 radical (unpaired) electrons. The van der Waals surface area contributed by atoms with Crippen LogP contribution in [0.25, 0.3) is 0 Å². The van der Waals surface area contributed by atoms with E-state index in [0.29, 0.717) is 18.4 Å². The molecule has 1 aliphatic carbocycles. The van der Waals surface area contributed by atoms with E-state index in [1.54, 1.807) is 19.9 Å². The lowest BCUT2D eigenvalue weighted by molar-refractivity contribution is -0.157. The minimum Gasteiger partial charge on any atom is -0.461 e. The first-order valence-electron chi connectivity index (χ1n) is 8.94. The van der Waals surface area contributed by atoms with Gasteiger partial charge in [0.15, 0.2) is 0 Å². The summed E-state index contributed by atoms with van der Waals surface area (Å²) in [6.07, 6.45) is -0.259. The first-order chi connectivity index (χ1) is 12.2. The molecule has 3 aliphatic rings. The number of carbonyl (C=O) groups is 2. The number of rotatable bonds is 3. The van der Waals surface area contributed by atoms with Crippen molar-refractivity contribution in [1.82, 2.24) is 0 Å². The Bertz CT molecular complexity index is 652. The van der Waals surface area contributed by atoms with Crippen LogP contribution in [0.3, 0.4) is 0 Å². The second kappa shape index (κ2) is 6.79. The van der Waals surface area contributed by atoms with Crippen LogP contribution in [0.4, 0.5) is 0 Å². The Morgan fingerprint density at radius 3 is 2.81 bits per heavy atom. The van der Waals surface area contributed by atoms with Gasteiger partial charge in [-0.2, -0.15) is 0 Å². The van der Waals surface area contributed by atoms with Crippen LogP contribution in [0.15, 0.2) is 23.8 Å². The molecule has 0 amide bonds. The van der Waals surface area contributed by atoms with E-state index in [2.05, 4.69) is 6.58 Å². The van der Waals surface area contributed by atoms with E-state index in [1.165, 1.54) is 0 Å². The SMILES string of the molecule is C=C1C(=O)OC2C=C(CO)C(O)CC3OC3(C)CC(OC(=O)C(C)C)C12. The van der Waals surface area contributed by atoms with Crippen LogP contribution in [-0.2, 0) is 23.8 Å². The van der Waals surface area contributed by atoms with E-state index in [9.17, 15) is 19.8 Å². The van der Waals surface area contributed by atoms with Crippen LogP contribution in [0.1, 0.15) is 33.6 Å². The summed E-state index contributed by atoms with van der Waals surface area (Å²) in [7, 11) is 0. The van der Waals surface area contributed by atoms with Gasteiger partial charge in [-0.3, -0.25) is 4.79 Å². The van der Waals surface area contributed by atoms with Crippen LogP contribution >= 0.6 is 0 Å². The molecule has 26 heavy (non-hydrogen) atoms. The Morgan fingerprint density at radius 1 is 1.50 bits per heavy atom. The Hall–Kier alpha value is -1.70. The molecule has 6 unspecified atom stereocenters. The summed E-state index contributed by atoms with van der Waals surface area (Å²) in [4.78, 5) is 24.3. The van der Waals surface area contributed by atoms with Crippen molar-refractivity contribution in [1.29, 1.82) is 0 Å². The van der Waals surface area contributed by atoms with Gasteiger partial charge in [-0.15, -0.1) is 0 Å². The van der Waals surface area contributed by atoms with Crippen LogP contribution in [0, 0.1) is 11.8 Å². The van der Waals surface area contributed by atoms with Crippen LogP contribution in [-0.4, -0.2) is 58.8 Å². The molecule has 2 saturated heterocycles. The number of aliphatic hydroxyl groups excluding tert-OH is 2. The molecule has 3 rings (SSSR count). The van der Waals surface area contributed by atoms with Gasteiger partial charge in [-0.05, 0) is 18.6 Å². The number of hydrogen-bond donors (Lipinski definition) is 2. The van der Waals surface area contributed by atoms with Crippen molar-refractivity contribution in [2.24, 2.45) is 11.8 Å². The molecule has 6 atom stereocenters. The van der Waals surface area contributed by atoms with Gasteiger partial charge in [0, 0.05) is 18.4 Å². The Kier molecular flexibility index (Phi) is 4.98. The fourth-order valence-electron chi connectivity index (χ4n) is 3.71. The lowest BCUT2D eigenvalue weighted by atomic mass is 9.82. The van der Waals surface area contributed by atoms with Crippen LogP contribution in [0.2, 0.25) is 0 Å². The maximum absolute atomic E-state index is 12.2. The lowest BCUT2D eigenvalue weighted by Crippen LogP contribution is -2.38. The summed E-state index contributed by atoms with van der Waals surface area (Å²) >= 11 is 0. The second-order valence-corrected chi connectivity index (χ2v) is 7.83. The highest BCUT2D eigenvalue weighted by atomic mass is 16.6. The average Bonchev–Trinajstić information content (AvgIpc) is 3.09. The number of esters is 2. The van der Waals surface area contributed by atoms with Gasteiger partial charge in [0.2, 0.25) is 0 Å². The summed E-state index contributed by atoms with van der Waals surface area (Å²) in [5, 5.41) is 20.0. The summed E-state index contributed by atoms with van der Waals surface area (Å²) < 4.78 is 16.9. The largest absolute Gasteiger partial charge is 0.461 e. The van der Waals surface area contributed by atoms with Crippen molar-refractivity contribution >= 4 is 11.9 Å². The average molecular weight is 366 g/mol. The molecular weight excluding hydrogens is 340 g/mol. The number of hydrogen-bond acceptors (Lipinski definition) is 7. The standard InChI is InChI=1S/C19H26O7/c1-9(2)17(22)25-14-7-19(4)15(26-19)6-12(21)11(8-20)5-13-16(14)10(3)18(23)24-13/h5,9,12-16,20-21H,3,6-8H2,1-2,4H3. The number of ether oxygens (including phenoxy) is 3. The predicted molar refractivity (Wildman–Crippen MR) is 90.9 cm³/mol. The summed E-state index contributed by atoms with van der Waals surface area (Å²) in [5.74, 6) is -1.83. The number of carbonyl (C=O) groups excluding carboxylic acids is 2. The third-order valence-corrected chi connectivity index (χ3v) is 5.47. The van der Waals surface area contributed by atoms with Crippen LogP contribution in [0.5, 0.6) is 0 Å². The fraction of sp³-hybridized carbons (Fsp3) is 0.684. The smallest absolute Gasteiger partial charge is 0.334 e. The molecule has 2 N–H and O–H groups in total. The molecule has 7 heteroatoms. The monoisotopic (exact) mass is 366 g/mol. The highest BCUT2D eigenvalue weighted by Gasteiger charge is 2.57. The van der Waals surface area contributed by atoms with E-state index in [0.717, 1.165) is 0 Å². The molecule has 144 valence electrons. The topological polar surface area (TPSA) is 106 Å². The number of fused-ring (bicyclic) bond motifs is 2. The maximum Gasteiger partial charge on any atom is 0.334 e. The van der Waals surface area contributed by atoms with Crippen molar-refractivity contribution in [3.63, 3.8) is 0 Å². The minimum atomic E-state index is -0.894. The first-order valence-corrected chi connectivity index (χ1v) is 8.94. The van der Waals surface area contributed by atoms with Gasteiger partial charge in [0.1, 0.15) is 12.2 Å². The van der Waals surface area contributed by atoms with E-state index in [-0.39, 0.29) is 30.2 Å². The molecule has 0 saturated carbocycles. The Balaban J connectivity index is 1.99. The maximum atomic E-state index is 12.2. The van der Waals surface area contributed by atoms with Gasteiger partial charge >= 0.3 is 11.9 Å². The zero-order valence-electron chi connectivity index (χ0n) is 15.3. The zero-order valence-corrected chi connectivity index (χ0v) is 15.3. The van der Waals surface area contributed by atoms with Gasteiger partial charge in [-0.1, -0.05) is 20.4 Å². The van der Waals surface area contributed by atoms with Gasteiger partial charge in [0.25, 0.3) is 0 Å². The van der Waals surface area contributed by atoms with Crippen molar-refractivity contribution < 1.29 is 34.0 Å². The first kappa shape index (κ1) is 19.1. The quantitative estimate of drug-likeness (QED) is 0.331. The molecule has 7 nitrogen and oxygen atoms in total. The third kappa shape index (κ3) is 3.43. The number of aliphatic hydroxyl groups is 2. The number of epoxide rings is 1. The normalized spacial score (nSPS) is 39.6.